The van der Waals surface area contributed by atoms with Gasteiger partial charge in [-0.05, 0) is 31.1 Å². The van der Waals surface area contributed by atoms with E-state index in [9.17, 15) is 18.0 Å². The number of nitrogens with one attached hydrogen (secondary N) is 1. The summed E-state index contributed by atoms with van der Waals surface area (Å²) in [6.07, 6.45) is -2.23. The van der Waals surface area contributed by atoms with Crippen molar-refractivity contribution in [1.82, 2.24) is 9.88 Å². The number of aromatic nitrogens is 1. The molecular weight excluding hydrogens is 423 g/mol. The summed E-state index contributed by atoms with van der Waals surface area (Å²) in [5, 5.41) is 2.65. The van der Waals surface area contributed by atoms with Crippen LogP contribution in [-0.4, -0.2) is 48.7 Å². The number of carbonyl (C=O) groups excluding carboxylic acids is 1. The normalized spacial score (nSPS) is 13.8. The highest BCUT2D eigenvalue weighted by atomic mass is 19.4. The Labute approximate surface area is 185 Å². The van der Waals surface area contributed by atoms with Crippen molar-refractivity contribution in [2.24, 2.45) is 0 Å². The Bertz CT molecular complexity index is 952. The molecule has 0 saturated carbocycles. The summed E-state index contributed by atoms with van der Waals surface area (Å²) in [6, 6.07) is 9.41. The molecule has 1 aliphatic rings. The molecule has 7 nitrogen and oxygen atoms in total. The van der Waals surface area contributed by atoms with Gasteiger partial charge in [-0.1, -0.05) is 37.6 Å². The molecule has 32 heavy (non-hydrogen) atoms. The average molecular weight is 451 g/mol. The lowest BCUT2D eigenvalue weighted by Crippen LogP contribution is -2.38. The molecule has 0 atom stereocenters. The van der Waals surface area contributed by atoms with Crippen LogP contribution in [0.15, 0.2) is 30.3 Å². The Kier molecular flexibility index (Phi) is 7.44. The number of ether oxygens (including phenoxy) is 1. The third-order valence-electron chi connectivity index (χ3n) is 5.04. The molecule has 2 aromatic rings. The van der Waals surface area contributed by atoms with E-state index in [0.29, 0.717) is 12.2 Å². The lowest BCUT2D eigenvalue weighted by atomic mass is 10.1. The summed E-state index contributed by atoms with van der Waals surface area (Å²) in [7, 11) is 2.08. The Hall–Kier alpha value is -3.01. The van der Waals surface area contributed by atoms with Gasteiger partial charge in [-0.2, -0.15) is 18.2 Å². The summed E-state index contributed by atoms with van der Waals surface area (Å²) < 4.78 is 42.4. The highest BCUT2D eigenvalue weighted by molar-refractivity contribution is 6.04. The first-order valence-corrected chi connectivity index (χ1v) is 10.5. The largest absolute Gasteiger partial charge is 0.468 e. The molecule has 10 heteroatoms. The number of hydrogen-bond donors (Lipinski definition) is 2. The molecule has 3 N–H and O–H groups in total. The maximum Gasteiger partial charge on any atom is 0.422 e. The first kappa shape index (κ1) is 23.6. The number of nitrogens with two attached hydrogens (primary N) is 1. The number of halogens is 3. The molecule has 1 aliphatic heterocycles. The van der Waals surface area contributed by atoms with Gasteiger partial charge in [-0.15, -0.1) is 0 Å². The van der Waals surface area contributed by atoms with Crippen LogP contribution >= 0.6 is 0 Å². The van der Waals surface area contributed by atoms with Gasteiger partial charge in [-0.3, -0.25) is 4.79 Å². The minimum atomic E-state index is -4.50. The number of hydrogen-bond acceptors (Lipinski definition) is 6. The van der Waals surface area contributed by atoms with Gasteiger partial charge in [0.25, 0.3) is 0 Å². The zero-order valence-electron chi connectivity index (χ0n) is 18.2. The SMILES string of the molecule is CCCCN(C)Cc1cccc(CN2CC(=O)Nc3c2cc(OCC(F)(F)F)nc3N)c1. The van der Waals surface area contributed by atoms with Crippen LogP contribution in [0.5, 0.6) is 5.88 Å². The van der Waals surface area contributed by atoms with E-state index in [1.807, 2.05) is 18.2 Å². The van der Waals surface area contributed by atoms with Crippen LogP contribution in [-0.2, 0) is 17.9 Å². The van der Waals surface area contributed by atoms with E-state index in [1.165, 1.54) is 6.07 Å². The van der Waals surface area contributed by atoms with Crippen LogP contribution in [0.1, 0.15) is 30.9 Å². The van der Waals surface area contributed by atoms with Crippen LogP contribution in [0, 0.1) is 0 Å². The quantitative estimate of drug-likeness (QED) is 0.604. The number of amides is 1. The Morgan fingerprint density at radius 2 is 2.03 bits per heavy atom. The minimum Gasteiger partial charge on any atom is -0.468 e. The summed E-state index contributed by atoms with van der Waals surface area (Å²) >= 11 is 0. The lowest BCUT2D eigenvalue weighted by Gasteiger charge is -2.32. The van der Waals surface area contributed by atoms with Gasteiger partial charge in [-0.25, -0.2) is 0 Å². The van der Waals surface area contributed by atoms with Crippen molar-refractivity contribution < 1.29 is 22.7 Å². The highest BCUT2D eigenvalue weighted by Crippen LogP contribution is 2.37. The molecule has 0 radical (unpaired) electrons. The molecule has 0 spiro atoms. The van der Waals surface area contributed by atoms with Crippen molar-refractivity contribution >= 4 is 23.1 Å². The van der Waals surface area contributed by atoms with Crippen LogP contribution < -0.4 is 20.7 Å². The number of alkyl halides is 3. The second-order valence-corrected chi connectivity index (χ2v) is 7.96. The number of rotatable bonds is 9. The van der Waals surface area contributed by atoms with E-state index >= 15 is 0 Å². The van der Waals surface area contributed by atoms with Crippen molar-refractivity contribution in [2.75, 3.05) is 42.7 Å². The van der Waals surface area contributed by atoms with E-state index < -0.39 is 12.8 Å². The average Bonchev–Trinajstić information content (AvgIpc) is 2.71. The van der Waals surface area contributed by atoms with Gasteiger partial charge in [0.2, 0.25) is 11.8 Å². The standard InChI is InChI=1S/C22H28F3N5O2/c1-3-4-8-29(2)11-15-6-5-7-16(9-15)12-30-13-18(31)27-20-17(30)10-19(28-21(20)26)32-14-22(23,24)25/h5-7,9-10H,3-4,8,11-14H2,1-2H3,(H2,26,28)(H,27,31). The second-order valence-electron chi connectivity index (χ2n) is 7.96. The molecule has 3 rings (SSSR count). The molecule has 1 amide bonds. The molecular formula is C22H28F3N5O2. The number of pyridine rings is 1. The first-order chi connectivity index (χ1) is 15.1. The topological polar surface area (TPSA) is 83.7 Å². The Morgan fingerprint density at radius 1 is 1.28 bits per heavy atom. The molecule has 0 saturated heterocycles. The van der Waals surface area contributed by atoms with Crippen LogP contribution in [0.3, 0.4) is 0 Å². The molecule has 0 unspecified atom stereocenters. The molecule has 1 aromatic carbocycles. The van der Waals surface area contributed by atoms with E-state index in [2.05, 4.69) is 35.2 Å². The molecule has 0 fully saturated rings. The second kappa shape index (κ2) is 10.1. The van der Waals surface area contributed by atoms with Gasteiger partial charge in [0.15, 0.2) is 12.4 Å². The van der Waals surface area contributed by atoms with Crippen LogP contribution in [0.2, 0.25) is 0 Å². The van der Waals surface area contributed by atoms with E-state index in [-0.39, 0.29) is 29.8 Å². The van der Waals surface area contributed by atoms with E-state index in [4.69, 9.17) is 10.5 Å². The predicted molar refractivity (Wildman–Crippen MR) is 118 cm³/mol. The molecule has 174 valence electrons. The summed E-state index contributed by atoms with van der Waals surface area (Å²) in [6.45, 7) is 2.91. The fourth-order valence-electron chi connectivity index (χ4n) is 3.58. The summed E-state index contributed by atoms with van der Waals surface area (Å²) in [5.41, 5.74) is 8.76. The summed E-state index contributed by atoms with van der Waals surface area (Å²) in [4.78, 5) is 20.1. The molecule has 1 aromatic heterocycles. The van der Waals surface area contributed by atoms with Gasteiger partial charge in [0.05, 0.1) is 12.2 Å². The highest BCUT2D eigenvalue weighted by Gasteiger charge is 2.30. The lowest BCUT2D eigenvalue weighted by molar-refractivity contribution is -0.154. The third-order valence-corrected chi connectivity index (χ3v) is 5.04. The van der Waals surface area contributed by atoms with Gasteiger partial charge < -0.3 is 25.6 Å². The van der Waals surface area contributed by atoms with Gasteiger partial charge in [0, 0.05) is 19.2 Å². The smallest absolute Gasteiger partial charge is 0.422 e. The Balaban J connectivity index is 1.80. The number of nitrogen functional groups attached to an aromatic ring is 1. The number of carbonyl (C=O) groups is 1. The van der Waals surface area contributed by atoms with Crippen LogP contribution in [0.25, 0.3) is 0 Å². The van der Waals surface area contributed by atoms with Crippen molar-refractivity contribution in [2.45, 2.75) is 39.0 Å². The third kappa shape index (κ3) is 6.49. The van der Waals surface area contributed by atoms with Gasteiger partial charge >= 0.3 is 6.18 Å². The maximum absolute atomic E-state index is 12.5. The molecule has 0 bridgehead atoms. The number of nitrogens with zero attached hydrogens (tertiary/aromatic N) is 3. The number of benzene rings is 1. The maximum atomic E-state index is 12.5. The Morgan fingerprint density at radius 3 is 2.75 bits per heavy atom. The minimum absolute atomic E-state index is 0.0375. The van der Waals surface area contributed by atoms with Crippen molar-refractivity contribution in [3.8, 4) is 5.88 Å². The van der Waals surface area contributed by atoms with E-state index in [1.54, 1.807) is 4.90 Å². The van der Waals surface area contributed by atoms with E-state index in [0.717, 1.165) is 37.1 Å². The fraction of sp³-hybridized carbons (Fsp3) is 0.455. The number of anilines is 3. The molecule has 0 aliphatic carbocycles. The monoisotopic (exact) mass is 451 g/mol. The number of unbranched alkanes of at least 4 members (excludes halogenated alkanes) is 1. The van der Waals surface area contributed by atoms with Crippen molar-refractivity contribution in [3.05, 3.63) is 41.5 Å². The van der Waals surface area contributed by atoms with Crippen LogP contribution in [0.4, 0.5) is 30.4 Å². The number of fused-ring (bicyclic) bond motifs is 1. The first-order valence-electron chi connectivity index (χ1n) is 10.5. The van der Waals surface area contributed by atoms with Gasteiger partial charge in [0.1, 0.15) is 5.69 Å². The molecule has 2 heterocycles. The fourth-order valence-corrected chi connectivity index (χ4v) is 3.58. The predicted octanol–water partition coefficient (Wildman–Crippen LogP) is 3.80. The zero-order valence-corrected chi connectivity index (χ0v) is 18.2. The van der Waals surface area contributed by atoms with Crippen molar-refractivity contribution in [3.63, 3.8) is 0 Å². The zero-order chi connectivity index (χ0) is 23.3. The van der Waals surface area contributed by atoms with Crippen molar-refractivity contribution in [1.29, 1.82) is 0 Å². The summed E-state index contributed by atoms with van der Waals surface area (Å²) in [5.74, 6) is -0.611.